The van der Waals surface area contributed by atoms with Gasteiger partial charge in [0.25, 0.3) is 0 Å². The molecule has 0 amide bonds. The lowest BCUT2D eigenvalue weighted by Crippen LogP contribution is -2.35. The number of guanidine groups is 1. The molecule has 0 bridgehead atoms. The molecule has 0 N–H and O–H groups in total. The van der Waals surface area contributed by atoms with Crippen molar-refractivity contribution in [1.29, 1.82) is 0 Å². The van der Waals surface area contributed by atoms with Crippen LogP contribution in [0.4, 0.5) is 0 Å². The highest BCUT2D eigenvalue weighted by Crippen LogP contribution is 2.16. The van der Waals surface area contributed by atoms with Crippen molar-refractivity contribution in [2.75, 3.05) is 28.2 Å². The molecule has 0 aliphatic carbocycles. The summed E-state index contributed by atoms with van der Waals surface area (Å²) < 4.78 is 0. The van der Waals surface area contributed by atoms with Gasteiger partial charge in [-0.05, 0) is 11.5 Å². The van der Waals surface area contributed by atoms with E-state index in [-0.39, 0.29) is 0 Å². The van der Waals surface area contributed by atoms with Crippen LogP contribution >= 0.6 is 0 Å². The minimum absolute atomic E-state index is 0.590. The van der Waals surface area contributed by atoms with Gasteiger partial charge in [0, 0.05) is 39.8 Å². The molecule has 1 aromatic carbocycles. The van der Waals surface area contributed by atoms with Gasteiger partial charge in [0.1, 0.15) is 0 Å². The molecule has 0 unspecified atom stereocenters. The Morgan fingerprint density at radius 2 is 1.74 bits per heavy atom. The van der Waals surface area contributed by atoms with Crippen LogP contribution in [0.15, 0.2) is 41.5 Å². The Bertz CT molecular complexity index is 572. The normalized spacial score (nSPS) is 10.3. The summed E-state index contributed by atoms with van der Waals surface area (Å²) in [7, 11) is 7.98. The predicted octanol–water partition coefficient (Wildman–Crippen LogP) is 2.21. The Kier molecular flexibility index (Phi) is 4.00. The van der Waals surface area contributed by atoms with Gasteiger partial charge in [-0.3, -0.25) is 4.98 Å². The maximum Gasteiger partial charge on any atom is 0.195 e. The highest BCUT2D eigenvalue weighted by molar-refractivity contribution is 5.84. The highest BCUT2D eigenvalue weighted by Gasteiger charge is 2.06. The zero-order chi connectivity index (χ0) is 13.8. The molecule has 0 spiro atoms. The molecule has 2 rings (SSSR count). The fraction of sp³-hybridized carbons (Fsp3) is 0.333. The second-order valence-corrected chi connectivity index (χ2v) is 4.88. The topological polar surface area (TPSA) is 31.7 Å². The van der Waals surface area contributed by atoms with Crippen LogP contribution in [0.1, 0.15) is 5.69 Å². The van der Waals surface area contributed by atoms with E-state index in [1.165, 1.54) is 10.8 Å². The summed E-state index contributed by atoms with van der Waals surface area (Å²) in [5.41, 5.74) is 1.01. The maximum atomic E-state index is 4.65. The Balaban J connectivity index is 2.34. The van der Waals surface area contributed by atoms with Crippen molar-refractivity contribution in [2.45, 2.75) is 6.54 Å². The smallest absolute Gasteiger partial charge is 0.195 e. The van der Waals surface area contributed by atoms with Crippen molar-refractivity contribution >= 4 is 16.7 Å². The molecule has 0 fully saturated rings. The monoisotopic (exact) mass is 256 g/mol. The average Bonchev–Trinajstić information content (AvgIpc) is 2.38. The van der Waals surface area contributed by atoms with E-state index in [9.17, 15) is 0 Å². The number of nitrogens with zero attached hydrogens (tertiary/aromatic N) is 4. The summed E-state index contributed by atoms with van der Waals surface area (Å²) in [6.07, 6.45) is 1.85. The van der Waals surface area contributed by atoms with E-state index < -0.39 is 0 Å². The minimum Gasteiger partial charge on any atom is -0.349 e. The lowest BCUT2D eigenvalue weighted by Gasteiger charge is -2.22. The molecule has 0 aliphatic rings. The van der Waals surface area contributed by atoms with Crippen molar-refractivity contribution in [3.8, 4) is 0 Å². The molecule has 0 aliphatic heterocycles. The standard InChI is InChI=1S/C15H20N4/c1-18(2)15(19(3)4)17-11-14-13-8-6-5-7-12(13)9-10-16-14/h5-10H,11H2,1-4H3. The van der Waals surface area contributed by atoms with E-state index in [2.05, 4.69) is 22.1 Å². The van der Waals surface area contributed by atoms with Gasteiger partial charge in [-0.25, -0.2) is 4.99 Å². The second-order valence-electron chi connectivity index (χ2n) is 4.88. The molecule has 2 aromatic rings. The van der Waals surface area contributed by atoms with Crippen LogP contribution < -0.4 is 0 Å². The molecule has 0 atom stereocenters. The average molecular weight is 256 g/mol. The van der Waals surface area contributed by atoms with Gasteiger partial charge in [-0.15, -0.1) is 0 Å². The Hall–Kier alpha value is -2.10. The molecule has 4 heteroatoms. The molecule has 0 saturated carbocycles. The highest BCUT2D eigenvalue weighted by atomic mass is 15.3. The summed E-state index contributed by atoms with van der Waals surface area (Å²) in [6, 6.07) is 10.3. The number of benzene rings is 1. The van der Waals surface area contributed by atoms with Gasteiger partial charge in [0.05, 0.1) is 12.2 Å². The molecule has 1 aromatic heterocycles. The molecule has 19 heavy (non-hydrogen) atoms. The van der Waals surface area contributed by atoms with Crippen molar-refractivity contribution in [1.82, 2.24) is 14.8 Å². The van der Waals surface area contributed by atoms with Crippen LogP contribution in [0.2, 0.25) is 0 Å². The van der Waals surface area contributed by atoms with Crippen molar-refractivity contribution in [3.63, 3.8) is 0 Å². The zero-order valence-corrected chi connectivity index (χ0v) is 12.0. The van der Waals surface area contributed by atoms with Crippen LogP contribution in [0, 0.1) is 0 Å². The first-order chi connectivity index (χ1) is 9.09. The first-order valence-corrected chi connectivity index (χ1v) is 6.31. The number of fused-ring (bicyclic) bond motifs is 1. The lowest BCUT2D eigenvalue weighted by molar-refractivity contribution is 0.479. The maximum absolute atomic E-state index is 4.65. The van der Waals surface area contributed by atoms with Gasteiger partial charge in [0.15, 0.2) is 5.96 Å². The molecular weight excluding hydrogens is 236 g/mol. The van der Waals surface area contributed by atoms with E-state index in [4.69, 9.17) is 0 Å². The van der Waals surface area contributed by atoms with Crippen LogP contribution in [0.25, 0.3) is 10.8 Å². The first kappa shape index (κ1) is 13.3. The van der Waals surface area contributed by atoms with Crippen molar-refractivity contribution in [3.05, 3.63) is 42.2 Å². The van der Waals surface area contributed by atoms with Crippen LogP contribution in [-0.2, 0) is 6.54 Å². The van der Waals surface area contributed by atoms with Gasteiger partial charge < -0.3 is 9.80 Å². The Morgan fingerprint density at radius 1 is 1.05 bits per heavy atom. The third kappa shape index (κ3) is 3.02. The van der Waals surface area contributed by atoms with Crippen LogP contribution in [-0.4, -0.2) is 48.9 Å². The van der Waals surface area contributed by atoms with Gasteiger partial charge in [-0.1, -0.05) is 24.3 Å². The Labute approximate surface area is 114 Å². The number of rotatable bonds is 2. The molecule has 1 heterocycles. The third-order valence-corrected chi connectivity index (χ3v) is 2.93. The summed E-state index contributed by atoms with van der Waals surface area (Å²) in [6.45, 7) is 0.590. The summed E-state index contributed by atoms with van der Waals surface area (Å²) >= 11 is 0. The Morgan fingerprint density at radius 3 is 2.42 bits per heavy atom. The van der Waals surface area contributed by atoms with Crippen LogP contribution in [0.3, 0.4) is 0 Å². The minimum atomic E-state index is 0.590. The lowest BCUT2D eigenvalue weighted by atomic mass is 10.1. The molecule has 0 radical (unpaired) electrons. The first-order valence-electron chi connectivity index (χ1n) is 6.31. The number of hydrogen-bond donors (Lipinski definition) is 0. The zero-order valence-electron chi connectivity index (χ0n) is 12.0. The number of pyridine rings is 1. The fourth-order valence-corrected chi connectivity index (χ4v) is 2.14. The van der Waals surface area contributed by atoms with E-state index in [1.54, 1.807) is 0 Å². The van der Waals surface area contributed by atoms with E-state index >= 15 is 0 Å². The van der Waals surface area contributed by atoms with E-state index in [1.807, 2.05) is 62.4 Å². The van der Waals surface area contributed by atoms with Gasteiger partial charge in [-0.2, -0.15) is 0 Å². The largest absolute Gasteiger partial charge is 0.349 e. The molecule has 4 nitrogen and oxygen atoms in total. The SMILES string of the molecule is CN(C)C(=NCc1nccc2ccccc12)N(C)C. The number of hydrogen-bond acceptors (Lipinski definition) is 2. The number of aromatic nitrogens is 1. The van der Waals surface area contributed by atoms with Crippen molar-refractivity contribution < 1.29 is 0 Å². The number of aliphatic imine (C=N–C) groups is 1. The fourth-order valence-electron chi connectivity index (χ4n) is 2.14. The predicted molar refractivity (Wildman–Crippen MR) is 80.3 cm³/mol. The quantitative estimate of drug-likeness (QED) is 0.610. The summed E-state index contributed by atoms with van der Waals surface area (Å²) in [5.74, 6) is 0.940. The molecule has 0 saturated heterocycles. The molecular formula is C15H20N4. The van der Waals surface area contributed by atoms with Crippen molar-refractivity contribution in [2.24, 2.45) is 4.99 Å². The summed E-state index contributed by atoms with van der Waals surface area (Å²) in [5, 5.41) is 2.38. The van der Waals surface area contributed by atoms with Crippen LogP contribution in [0.5, 0.6) is 0 Å². The van der Waals surface area contributed by atoms with E-state index in [0.717, 1.165) is 11.7 Å². The second kappa shape index (κ2) is 5.69. The third-order valence-electron chi connectivity index (χ3n) is 2.93. The summed E-state index contributed by atoms with van der Waals surface area (Å²) in [4.78, 5) is 13.1. The molecule has 100 valence electrons. The van der Waals surface area contributed by atoms with Gasteiger partial charge >= 0.3 is 0 Å². The van der Waals surface area contributed by atoms with Gasteiger partial charge in [0.2, 0.25) is 0 Å². The van der Waals surface area contributed by atoms with E-state index in [0.29, 0.717) is 6.54 Å².